The summed E-state index contributed by atoms with van der Waals surface area (Å²) in [6.07, 6.45) is -0.403. The molecule has 0 saturated heterocycles. The summed E-state index contributed by atoms with van der Waals surface area (Å²) in [5.41, 5.74) is 0.342. The molecule has 0 aliphatic rings. The normalized spacial score (nSPS) is 10.2. The Bertz CT molecular complexity index is 760. The maximum Gasteiger partial charge on any atom is 0.235 e. The second-order valence-corrected chi connectivity index (χ2v) is 5.19. The molecule has 1 aromatic heterocycles. The van der Waals surface area contributed by atoms with E-state index >= 15 is 0 Å². The quantitative estimate of drug-likeness (QED) is 0.774. The fraction of sp³-hybridized carbons (Fsp3) is 0.267. The standard InChI is InChI=1S/C15H16ClN3O5/c1-8-4-13(19-24-8)18-15(21)7-14(20)17-10-6-11(22-2)9(16)5-12(10)23-3/h4-6H,7H2,1-3H3,(H,17,20)(H,18,19,21). The molecular formula is C15H16ClN3O5. The van der Waals surface area contributed by atoms with Crippen LogP contribution in [0.2, 0.25) is 5.02 Å². The van der Waals surface area contributed by atoms with Crippen molar-refractivity contribution in [3.05, 3.63) is 29.0 Å². The van der Waals surface area contributed by atoms with E-state index in [9.17, 15) is 9.59 Å². The molecule has 24 heavy (non-hydrogen) atoms. The Kier molecular flexibility index (Phi) is 5.64. The molecule has 0 atom stereocenters. The van der Waals surface area contributed by atoms with E-state index in [1.54, 1.807) is 13.0 Å². The lowest BCUT2D eigenvalue weighted by molar-refractivity contribution is -0.123. The average molecular weight is 354 g/mol. The zero-order chi connectivity index (χ0) is 17.7. The summed E-state index contributed by atoms with van der Waals surface area (Å²) in [6, 6.07) is 4.56. The summed E-state index contributed by atoms with van der Waals surface area (Å²) in [5, 5.41) is 8.99. The van der Waals surface area contributed by atoms with Crippen LogP contribution in [0.1, 0.15) is 12.2 Å². The van der Waals surface area contributed by atoms with Crippen molar-refractivity contribution in [2.24, 2.45) is 0 Å². The molecule has 0 spiro atoms. The first-order valence-corrected chi connectivity index (χ1v) is 7.25. The van der Waals surface area contributed by atoms with Gasteiger partial charge in [-0.25, -0.2) is 0 Å². The Morgan fingerprint density at radius 1 is 1.12 bits per heavy atom. The molecule has 0 unspecified atom stereocenters. The number of halogens is 1. The van der Waals surface area contributed by atoms with E-state index in [1.807, 2.05) is 0 Å². The molecule has 0 bridgehead atoms. The van der Waals surface area contributed by atoms with Crippen molar-refractivity contribution in [1.29, 1.82) is 0 Å². The van der Waals surface area contributed by atoms with E-state index in [4.69, 9.17) is 25.6 Å². The molecule has 1 heterocycles. The van der Waals surface area contributed by atoms with Crippen LogP contribution >= 0.6 is 11.6 Å². The third-order valence-electron chi connectivity index (χ3n) is 2.96. The lowest BCUT2D eigenvalue weighted by Crippen LogP contribution is -2.21. The van der Waals surface area contributed by atoms with Crippen LogP contribution in [-0.2, 0) is 9.59 Å². The van der Waals surface area contributed by atoms with Crippen molar-refractivity contribution in [3.8, 4) is 11.5 Å². The highest BCUT2D eigenvalue weighted by molar-refractivity contribution is 6.32. The monoisotopic (exact) mass is 353 g/mol. The van der Waals surface area contributed by atoms with E-state index in [0.717, 1.165) is 0 Å². The summed E-state index contributed by atoms with van der Waals surface area (Å²) in [7, 11) is 2.89. The first-order valence-electron chi connectivity index (χ1n) is 6.87. The summed E-state index contributed by atoms with van der Waals surface area (Å²) in [4.78, 5) is 23.8. The van der Waals surface area contributed by atoms with E-state index in [2.05, 4.69) is 15.8 Å². The molecule has 2 rings (SSSR count). The zero-order valence-electron chi connectivity index (χ0n) is 13.3. The van der Waals surface area contributed by atoms with Crippen LogP contribution in [0.25, 0.3) is 0 Å². The Balaban J connectivity index is 2.02. The number of ether oxygens (including phenoxy) is 2. The molecule has 9 heteroatoms. The average Bonchev–Trinajstić information content (AvgIpc) is 2.93. The van der Waals surface area contributed by atoms with Gasteiger partial charge in [0, 0.05) is 18.2 Å². The van der Waals surface area contributed by atoms with Gasteiger partial charge in [-0.1, -0.05) is 16.8 Å². The van der Waals surface area contributed by atoms with Gasteiger partial charge in [-0.15, -0.1) is 0 Å². The van der Waals surface area contributed by atoms with Gasteiger partial charge in [0.2, 0.25) is 11.8 Å². The van der Waals surface area contributed by atoms with Gasteiger partial charge in [0.15, 0.2) is 5.82 Å². The zero-order valence-corrected chi connectivity index (χ0v) is 14.1. The largest absolute Gasteiger partial charge is 0.495 e. The minimum absolute atomic E-state index is 0.246. The second-order valence-electron chi connectivity index (χ2n) is 4.78. The Hall–Kier alpha value is -2.74. The number of methoxy groups -OCH3 is 2. The number of aryl methyl sites for hydroxylation is 1. The van der Waals surface area contributed by atoms with Gasteiger partial charge < -0.3 is 24.6 Å². The van der Waals surface area contributed by atoms with Crippen molar-refractivity contribution in [3.63, 3.8) is 0 Å². The summed E-state index contributed by atoms with van der Waals surface area (Å²) in [5.74, 6) is 0.455. The van der Waals surface area contributed by atoms with Gasteiger partial charge in [-0.3, -0.25) is 9.59 Å². The molecule has 0 saturated carbocycles. The van der Waals surface area contributed by atoms with Crippen LogP contribution in [0, 0.1) is 6.92 Å². The fourth-order valence-electron chi connectivity index (χ4n) is 1.91. The number of nitrogens with zero attached hydrogens (tertiary/aromatic N) is 1. The number of carbonyl (C=O) groups excluding carboxylic acids is 2. The number of nitrogens with one attached hydrogen (secondary N) is 2. The third-order valence-corrected chi connectivity index (χ3v) is 3.26. The van der Waals surface area contributed by atoms with Crippen molar-refractivity contribution < 1.29 is 23.6 Å². The SMILES string of the molecule is COc1cc(NC(=O)CC(=O)Nc2cc(C)on2)c(OC)cc1Cl. The molecule has 0 aliphatic carbocycles. The van der Waals surface area contributed by atoms with Crippen LogP contribution < -0.4 is 20.1 Å². The predicted octanol–water partition coefficient (Wildman–Crippen LogP) is 2.62. The van der Waals surface area contributed by atoms with Crippen LogP contribution in [-0.4, -0.2) is 31.2 Å². The van der Waals surface area contributed by atoms with Gasteiger partial charge in [-0.05, 0) is 6.92 Å². The van der Waals surface area contributed by atoms with Gasteiger partial charge >= 0.3 is 0 Å². The summed E-state index contributed by atoms with van der Waals surface area (Å²) >= 11 is 6.00. The minimum atomic E-state index is -0.532. The Labute approximate surface area is 143 Å². The smallest absolute Gasteiger partial charge is 0.235 e. The van der Waals surface area contributed by atoms with E-state index in [0.29, 0.717) is 28.0 Å². The van der Waals surface area contributed by atoms with E-state index in [1.165, 1.54) is 26.4 Å². The number of benzene rings is 1. The lowest BCUT2D eigenvalue weighted by Gasteiger charge is -2.13. The van der Waals surface area contributed by atoms with Gasteiger partial charge in [0.25, 0.3) is 0 Å². The first-order chi connectivity index (χ1) is 11.4. The number of hydrogen-bond acceptors (Lipinski definition) is 6. The van der Waals surface area contributed by atoms with Crippen LogP contribution in [0.4, 0.5) is 11.5 Å². The highest BCUT2D eigenvalue weighted by atomic mass is 35.5. The molecule has 2 N–H and O–H groups in total. The molecule has 0 aliphatic heterocycles. The van der Waals surface area contributed by atoms with Gasteiger partial charge in [0.1, 0.15) is 23.7 Å². The summed E-state index contributed by atoms with van der Waals surface area (Å²) in [6.45, 7) is 1.69. The number of aromatic nitrogens is 1. The Morgan fingerprint density at radius 3 is 2.38 bits per heavy atom. The number of anilines is 2. The van der Waals surface area contributed by atoms with Gasteiger partial charge in [0.05, 0.1) is 24.9 Å². The van der Waals surface area contributed by atoms with Crippen molar-refractivity contribution in [1.82, 2.24) is 5.16 Å². The molecule has 0 fully saturated rings. The molecule has 2 amide bonds. The molecule has 0 radical (unpaired) electrons. The number of amides is 2. The van der Waals surface area contributed by atoms with Crippen LogP contribution in [0.15, 0.2) is 22.7 Å². The molecule has 1 aromatic carbocycles. The van der Waals surface area contributed by atoms with Gasteiger partial charge in [-0.2, -0.15) is 0 Å². The number of rotatable bonds is 6. The first kappa shape index (κ1) is 17.6. The molecule has 8 nitrogen and oxygen atoms in total. The van der Waals surface area contributed by atoms with Crippen molar-refractivity contribution >= 4 is 34.9 Å². The number of carbonyl (C=O) groups is 2. The highest BCUT2D eigenvalue weighted by Crippen LogP contribution is 2.35. The van der Waals surface area contributed by atoms with Crippen molar-refractivity contribution in [2.45, 2.75) is 13.3 Å². The number of hydrogen-bond donors (Lipinski definition) is 2. The maximum atomic E-state index is 12.0. The predicted molar refractivity (Wildman–Crippen MR) is 87.7 cm³/mol. The topological polar surface area (TPSA) is 103 Å². The highest BCUT2D eigenvalue weighted by Gasteiger charge is 2.16. The molecule has 2 aromatic rings. The van der Waals surface area contributed by atoms with E-state index < -0.39 is 18.2 Å². The third kappa shape index (κ3) is 4.39. The van der Waals surface area contributed by atoms with Crippen molar-refractivity contribution in [2.75, 3.05) is 24.9 Å². The minimum Gasteiger partial charge on any atom is -0.495 e. The lowest BCUT2D eigenvalue weighted by atomic mass is 10.2. The maximum absolute atomic E-state index is 12.0. The van der Waals surface area contributed by atoms with Crippen LogP contribution in [0.3, 0.4) is 0 Å². The fourth-order valence-corrected chi connectivity index (χ4v) is 2.14. The van der Waals surface area contributed by atoms with Crippen LogP contribution in [0.5, 0.6) is 11.5 Å². The Morgan fingerprint density at radius 2 is 1.79 bits per heavy atom. The van der Waals surface area contributed by atoms with E-state index in [-0.39, 0.29) is 5.82 Å². The summed E-state index contributed by atoms with van der Waals surface area (Å²) < 4.78 is 15.1. The molecular weight excluding hydrogens is 338 g/mol. The second kappa shape index (κ2) is 7.69. The molecule has 128 valence electrons.